The molecule has 9 aromatic carbocycles. The highest BCUT2D eigenvalue weighted by Crippen LogP contribution is 2.53. The predicted octanol–water partition coefficient (Wildman–Crippen LogP) is 15.1. The van der Waals surface area contributed by atoms with E-state index in [0.29, 0.717) is 0 Å². The van der Waals surface area contributed by atoms with E-state index in [1.54, 1.807) is 0 Å². The zero-order valence-electron chi connectivity index (χ0n) is 31.9. The third kappa shape index (κ3) is 4.11. The molecule has 0 radical (unpaired) electrons. The quantitative estimate of drug-likeness (QED) is 0.169. The van der Waals surface area contributed by atoms with E-state index in [9.17, 15) is 0 Å². The van der Waals surface area contributed by atoms with Gasteiger partial charge < -0.3 is 9.32 Å². The number of hydrogen-bond donors (Lipinski definition) is 0. The summed E-state index contributed by atoms with van der Waals surface area (Å²) >= 11 is 0. The molecule has 0 bridgehead atoms. The van der Waals surface area contributed by atoms with Gasteiger partial charge in [-0.15, -0.1) is 0 Å². The summed E-state index contributed by atoms with van der Waals surface area (Å²) in [4.78, 5) is 2.45. The first-order chi connectivity index (χ1) is 27.3. The van der Waals surface area contributed by atoms with Crippen LogP contribution in [0.15, 0.2) is 168 Å². The molecule has 266 valence electrons. The first-order valence-electron chi connectivity index (χ1n) is 19.8. The second-order valence-electron chi connectivity index (χ2n) is 16.9. The van der Waals surface area contributed by atoms with Crippen LogP contribution in [-0.4, -0.2) is 0 Å². The Balaban J connectivity index is 1.03. The molecular weight excluding hydrogens is 679 g/mol. The van der Waals surface area contributed by atoms with Crippen molar-refractivity contribution >= 4 is 60.5 Å². The van der Waals surface area contributed by atoms with Crippen LogP contribution in [-0.2, 0) is 10.8 Å². The van der Waals surface area contributed by atoms with Crippen LogP contribution in [0.4, 0.5) is 17.1 Å². The van der Waals surface area contributed by atoms with E-state index in [1.165, 1.54) is 76.8 Å². The van der Waals surface area contributed by atoms with Crippen molar-refractivity contribution in [3.8, 4) is 33.4 Å². The van der Waals surface area contributed by atoms with Crippen molar-refractivity contribution in [1.29, 1.82) is 0 Å². The van der Waals surface area contributed by atoms with E-state index >= 15 is 0 Å². The van der Waals surface area contributed by atoms with Crippen molar-refractivity contribution in [2.45, 2.75) is 38.5 Å². The number of hydrogen-bond acceptors (Lipinski definition) is 2. The molecule has 0 aliphatic heterocycles. The van der Waals surface area contributed by atoms with Crippen molar-refractivity contribution in [3.63, 3.8) is 0 Å². The molecule has 0 saturated heterocycles. The number of anilines is 3. The van der Waals surface area contributed by atoms with Crippen LogP contribution in [0.2, 0.25) is 0 Å². The van der Waals surface area contributed by atoms with Crippen molar-refractivity contribution < 1.29 is 4.42 Å². The van der Waals surface area contributed by atoms with Gasteiger partial charge in [-0.25, -0.2) is 0 Å². The Morgan fingerprint density at radius 1 is 0.375 bits per heavy atom. The Hall–Kier alpha value is -6.64. The molecule has 0 fully saturated rings. The van der Waals surface area contributed by atoms with Crippen molar-refractivity contribution in [1.82, 2.24) is 0 Å². The molecule has 2 nitrogen and oxygen atoms in total. The van der Waals surface area contributed by atoms with E-state index in [-0.39, 0.29) is 10.8 Å². The molecule has 12 rings (SSSR count). The van der Waals surface area contributed by atoms with Gasteiger partial charge in [0.05, 0.1) is 0 Å². The second-order valence-corrected chi connectivity index (χ2v) is 16.9. The number of furan rings is 1. The maximum absolute atomic E-state index is 6.75. The monoisotopic (exact) mass is 717 g/mol. The molecule has 0 saturated carbocycles. The number of fused-ring (bicyclic) bond motifs is 9. The number of benzene rings is 9. The molecular formula is C54H39NO. The fraction of sp³-hybridized carbons (Fsp3) is 0.111. The summed E-state index contributed by atoms with van der Waals surface area (Å²) in [5.74, 6) is 0. The fourth-order valence-electron chi connectivity index (χ4n) is 10.4. The lowest BCUT2D eigenvalue weighted by atomic mass is 9.82. The first-order valence-corrected chi connectivity index (χ1v) is 19.8. The van der Waals surface area contributed by atoms with Crippen LogP contribution in [0, 0.1) is 0 Å². The first kappa shape index (κ1) is 31.7. The molecule has 2 heteroatoms. The SMILES string of the molecule is CC1(C)c2ccccc2-c2ccc(N(c3ccc(-c4ccc5c6ccccc6c6cccc7oc4c5c76)cc3)c3ccc4c(c3)C(C)(C)c3ccccc3-4)cc21. The van der Waals surface area contributed by atoms with Crippen molar-refractivity contribution in [2.24, 2.45) is 0 Å². The van der Waals surface area contributed by atoms with Gasteiger partial charge in [0.15, 0.2) is 0 Å². The summed E-state index contributed by atoms with van der Waals surface area (Å²) in [6.45, 7) is 9.45. The zero-order chi connectivity index (χ0) is 37.5. The Kier molecular flexibility index (Phi) is 6.22. The molecule has 56 heavy (non-hydrogen) atoms. The minimum absolute atomic E-state index is 0.105. The minimum atomic E-state index is -0.105. The standard InChI is InChI=1S/C54H39NO/c1-53(2)45-17-9-7-14-39(45)41-26-24-34(30-47(41)53)55(35-25-27-42-40-15-8-10-18-46(40)54(3,4)48(42)31-35)33-22-20-32(21-23-33)36-28-29-44-38-13-6-5-12-37(38)43-16-11-19-49-50(43)51(44)52(36)56-49/h5-31H,1-4H3. The highest BCUT2D eigenvalue weighted by Gasteiger charge is 2.37. The normalized spacial score (nSPS) is 14.7. The van der Waals surface area contributed by atoms with Gasteiger partial charge in [0.2, 0.25) is 0 Å². The molecule has 0 amide bonds. The summed E-state index contributed by atoms with van der Waals surface area (Å²) in [6, 6.07) is 60.7. The van der Waals surface area contributed by atoms with Gasteiger partial charge in [0, 0.05) is 44.2 Å². The fourth-order valence-corrected chi connectivity index (χ4v) is 10.4. The summed E-state index contributed by atoms with van der Waals surface area (Å²) in [5, 5.41) is 7.43. The van der Waals surface area contributed by atoms with Gasteiger partial charge in [0.1, 0.15) is 11.2 Å². The Bertz CT molecular complexity index is 3140. The lowest BCUT2D eigenvalue weighted by Gasteiger charge is -2.30. The molecule has 1 heterocycles. The largest absolute Gasteiger partial charge is 0.455 e. The maximum atomic E-state index is 6.75. The Morgan fingerprint density at radius 2 is 0.857 bits per heavy atom. The van der Waals surface area contributed by atoms with Gasteiger partial charge in [-0.2, -0.15) is 0 Å². The van der Waals surface area contributed by atoms with Crippen LogP contribution >= 0.6 is 0 Å². The van der Waals surface area contributed by atoms with E-state index in [0.717, 1.165) is 39.4 Å². The third-order valence-electron chi connectivity index (χ3n) is 13.2. The zero-order valence-corrected chi connectivity index (χ0v) is 31.9. The predicted molar refractivity (Wildman–Crippen MR) is 235 cm³/mol. The molecule has 2 aliphatic carbocycles. The van der Waals surface area contributed by atoms with Crippen molar-refractivity contribution in [3.05, 3.63) is 186 Å². The van der Waals surface area contributed by atoms with Gasteiger partial charge in [0.25, 0.3) is 0 Å². The Morgan fingerprint density at radius 3 is 1.46 bits per heavy atom. The van der Waals surface area contributed by atoms with E-state index < -0.39 is 0 Å². The average molecular weight is 718 g/mol. The topological polar surface area (TPSA) is 16.4 Å². The highest BCUT2D eigenvalue weighted by molar-refractivity contribution is 6.34. The molecule has 2 aliphatic rings. The van der Waals surface area contributed by atoms with Gasteiger partial charge in [-0.3, -0.25) is 0 Å². The average Bonchev–Trinajstić information content (AvgIpc) is 3.81. The highest BCUT2D eigenvalue weighted by atomic mass is 16.3. The Labute approximate surface area is 326 Å². The van der Waals surface area contributed by atoms with Crippen LogP contribution in [0.1, 0.15) is 49.9 Å². The third-order valence-corrected chi connectivity index (χ3v) is 13.2. The summed E-state index contributed by atoms with van der Waals surface area (Å²) in [7, 11) is 0. The van der Waals surface area contributed by atoms with Gasteiger partial charge >= 0.3 is 0 Å². The lowest BCUT2D eigenvalue weighted by molar-refractivity contribution is 0.660. The van der Waals surface area contributed by atoms with Crippen LogP contribution in [0.3, 0.4) is 0 Å². The number of rotatable bonds is 4. The molecule has 0 N–H and O–H groups in total. The molecule has 1 aromatic heterocycles. The maximum Gasteiger partial charge on any atom is 0.143 e. The number of nitrogens with zero attached hydrogens (tertiary/aromatic N) is 1. The lowest BCUT2D eigenvalue weighted by Crippen LogP contribution is -2.18. The van der Waals surface area contributed by atoms with E-state index in [1.807, 2.05) is 0 Å². The molecule has 0 spiro atoms. The van der Waals surface area contributed by atoms with Gasteiger partial charge in [-0.1, -0.05) is 143 Å². The molecule has 10 aromatic rings. The van der Waals surface area contributed by atoms with Crippen LogP contribution in [0.25, 0.3) is 76.9 Å². The van der Waals surface area contributed by atoms with Crippen molar-refractivity contribution in [2.75, 3.05) is 4.90 Å². The molecule has 0 atom stereocenters. The second kappa shape index (κ2) is 11.0. The summed E-state index contributed by atoms with van der Waals surface area (Å²) < 4.78 is 6.75. The summed E-state index contributed by atoms with van der Waals surface area (Å²) in [5.41, 5.74) is 18.2. The smallest absolute Gasteiger partial charge is 0.143 e. The van der Waals surface area contributed by atoms with Gasteiger partial charge in [-0.05, 0) is 120 Å². The summed E-state index contributed by atoms with van der Waals surface area (Å²) in [6.07, 6.45) is 0. The van der Waals surface area contributed by atoms with E-state index in [4.69, 9.17) is 4.42 Å². The molecule has 0 unspecified atom stereocenters. The van der Waals surface area contributed by atoms with Crippen LogP contribution in [0.5, 0.6) is 0 Å². The minimum Gasteiger partial charge on any atom is -0.455 e. The van der Waals surface area contributed by atoms with Crippen LogP contribution < -0.4 is 4.90 Å². The van der Waals surface area contributed by atoms with E-state index in [2.05, 4.69) is 196 Å².